The Hall–Kier alpha value is -0.560. The first-order valence-corrected chi connectivity index (χ1v) is 6.14. The number of hydrogen-bond acceptors (Lipinski definition) is 1. The van der Waals surface area contributed by atoms with Crippen LogP contribution in [0.25, 0.3) is 0 Å². The van der Waals surface area contributed by atoms with E-state index in [0.717, 1.165) is 6.42 Å². The fourth-order valence-electron chi connectivity index (χ4n) is 2.77. The molecular weight excluding hydrogens is 196 g/mol. The monoisotopic (exact) mass is 222 g/mol. The zero-order valence-electron chi connectivity index (χ0n) is 11.6. The second kappa shape index (κ2) is 4.03. The van der Waals surface area contributed by atoms with E-state index in [4.69, 9.17) is 0 Å². The van der Waals surface area contributed by atoms with Crippen molar-refractivity contribution in [3.63, 3.8) is 0 Å². The molecule has 0 aliphatic heterocycles. The molecule has 0 heterocycles. The van der Waals surface area contributed by atoms with E-state index in [1.165, 1.54) is 5.57 Å². The lowest BCUT2D eigenvalue weighted by Gasteiger charge is -2.50. The minimum Gasteiger partial charge on any atom is -0.395 e. The zero-order valence-corrected chi connectivity index (χ0v) is 11.6. The molecule has 16 heavy (non-hydrogen) atoms. The summed E-state index contributed by atoms with van der Waals surface area (Å²) in [4.78, 5) is 0. The molecule has 1 N–H and O–H groups in total. The highest BCUT2D eigenvalue weighted by molar-refractivity contribution is 5.33. The number of aliphatic hydroxyl groups excluding tert-OH is 1. The average molecular weight is 222 g/mol. The summed E-state index contributed by atoms with van der Waals surface area (Å²) >= 11 is 0. The molecule has 0 saturated carbocycles. The Bertz CT molecular complexity index is 309. The molecule has 92 valence electrons. The topological polar surface area (TPSA) is 20.2 Å². The van der Waals surface area contributed by atoms with Gasteiger partial charge in [0.2, 0.25) is 0 Å². The summed E-state index contributed by atoms with van der Waals surface area (Å²) in [5, 5.41) is 9.94. The number of rotatable bonds is 1. The van der Waals surface area contributed by atoms with Crippen LogP contribution in [0.1, 0.15) is 48.0 Å². The van der Waals surface area contributed by atoms with Crippen molar-refractivity contribution in [2.24, 2.45) is 16.2 Å². The Morgan fingerprint density at radius 3 is 2.06 bits per heavy atom. The van der Waals surface area contributed by atoms with Crippen molar-refractivity contribution in [3.8, 4) is 0 Å². The molecule has 1 heteroatoms. The van der Waals surface area contributed by atoms with E-state index in [9.17, 15) is 5.11 Å². The van der Waals surface area contributed by atoms with Gasteiger partial charge < -0.3 is 5.11 Å². The molecule has 1 atom stereocenters. The fraction of sp³-hybridized carbons (Fsp3) is 0.733. The van der Waals surface area contributed by atoms with Crippen molar-refractivity contribution < 1.29 is 5.11 Å². The summed E-state index contributed by atoms with van der Waals surface area (Å²) in [6.45, 7) is 13.6. The molecule has 0 aromatic rings. The van der Waals surface area contributed by atoms with Gasteiger partial charge in [0.15, 0.2) is 0 Å². The molecule has 1 aliphatic carbocycles. The standard InChI is InChI=1S/C15H26O/c1-13(2,3)12-9-7-8-10-15(12,11-16)14(4,5)6/h7-9,16H,10-11H2,1-6H3. The van der Waals surface area contributed by atoms with E-state index in [1.54, 1.807) is 0 Å². The van der Waals surface area contributed by atoms with Crippen LogP contribution in [0.3, 0.4) is 0 Å². The van der Waals surface area contributed by atoms with Gasteiger partial charge in [0.25, 0.3) is 0 Å². The predicted molar refractivity (Wildman–Crippen MR) is 70.3 cm³/mol. The Morgan fingerprint density at radius 2 is 1.75 bits per heavy atom. The molecule has 0 fully saturated rings. The Kier molecular flexibility index (Phi) is 3.40. The number of aliphatic hydroxyl groups is 1. The Morgan fingerprint density at radius 1 is 1.19 bits per heavy atom. The van der Waals surface area contributed by atoms with Gasteiger partial charge in [-0.2, -0.15) is 0 Å². The van der Waals surface area contributed by atoms with Gasteiger partial charge in [-0.25, -0.2) is 0 Å². The van der Waals surface area contributed by atoms with Gasteiger partial charge in [0, 0.05) is 5.41 Å². The highest BCUT2D eigenvalue weighted by Gasteiger charge is 2.47. The third kappa shape index (κ3) is 2.10. The highest BCUT2D eigenvalue weighted by atomic mass is 16.3. The minimum atomic E-state index is -0.111. The van der Waals surface area contributed by atoms with Crippen LogP contribution in [-0.4, -0.2) is 11.7 Å². The summed E-state index contributed by atoms with van der Waals surface area (Å²) in [5.74, 6) is 0. The summed E-state index contributed by atoms with van der Waals surface area (Å²) in [5.41, 5.74) is 1.45. The second-order valence-corrected chi connectivity index (χ2v) is 6.95. The molecular formula is C15H26O. The molecule has 1 aliphatic rings. The van der Waals surface area contributed by atoms with Gasteiger partial charge in [0.1, 0.15) is 0 Å². The predicted octanol–water partition coefficient (Wildman–Crippen LogP) is 3.94. The summed E-state index contributed by atoms with van der Waals surface area (Å²) in [6.07, 6.45) is 7.44. The molecule has 1 unspecified atom stereocenters. The first-order valence-electron chi connectivity index (χ1n) is 6.14. The van der Waals surface area contributed by atoms with E-state index in [0.29, 0.717) is 0 Å². The quantitative estimate of drug-likeness (QED) is 0.712. The molecule has 1 rings (SSSR count). The number of hydrogen-bond donors (Lipinski definition) is 1. The average Bonchev–Trinajstić information content (AvgIpc) is 2.14. The lowest BCUT2D eigenvalue weighted by molar-refractivity contribution is 0.0343. The lowest BCUT2D eigenvalue weighted by Crippen LogP contribution is -2.45. The summed E-state index contributed by atoms with van der Waals surface area (Å²) in [6, 6.07) is 0. The van der Waals surface area contributed by atoms with Crippen LogP contribution >= 0.6 is 0 Å². The van der Waals surface area contributed by atoms with Gasteiger partial charge >= 0.3 is 0 Å². The first kappa shape index (κ1) is 13.5. The molecule has 0 radical (unpaired) electrons. The van der Waals surface area contributed by atoms with Gasteiger partial charge in [-0.1, -0.05) is 65.3 Å². The van der Waals surface area contributed by atoms with Crippen molar-refractivity contribution in [2.45, 2.75) is 48.0 Å². The van der Waals surface area contributed by atoms with Crippen LogP contribution in [0.5, 0.6) is 0 Å². The number of allylic oxidation sites excluding steroid dienone is 3. The van der Waals surface area contributed by atoms with Crippen LogP contribution in [0.15, 0.2) is 23.8 Å². The zero-order chi connectivity index (χ0) is 12.6. The molecule has 0 aromatic carbocycles. The maximum atomic E-state index is 9.94. The van der Waals surface area contributed by atoms with Gasteiger partial charge in [-0.3, -0.25) is 0 Å². The smallest absolute Gasteiger partial charge is 0.0533 e. The van der Waals surface area contributed by atoms with Crippen molar-refractivity contribution in [2.75, 3.05) is 6.61 Å². The van der Waals surface area contributed by atoms with Crippen LogP contribution in [0.2, 0.25) is 0 Å². The maximum Gasteiger partial charge on any atom is 0.0533 e. The van der Waals surface area contributed by atoms with Crippen molar-refractivity contribution in [1.82, 2.24) is 0 Å². The SMILES string of the molecule is CC(C)(C)C1=CC=CCC1(CO)C(C)(C)C. The summed E-state index contributed by atoms with van der Waals surface area (Å²) < 4.78 is 0. The molecule has 0 aromatic heterocycles. The molecule has 0 amide bonds. The van der Waals surface area contributed by atoms with Crippen LogP contribution in [0, 0.1) is 16.2 Å². The van der Waals surface area contributed by atoms with Gasteiger partial charge in [-0.15, -0.1) is 0 Å². The summed E-state index contributed by atoms with van der Waals surface area (Å²) in [7, 11) is 0. The first-order chi connectivity index (χ1) is 7.15. The second-order valence-electron chi connectivity index (χ2n) is 6.95. The lowest BCUT2D eigenvalue weighted by atomic mass is 9.55. The van der Waals surface area contributed by atoms with Crippen molar-refractivity contribution >= 4 is 0 Å². The Labute approximate surface area is 100 Å². The van der Waals surface area contributed by atoms with Crippen LogP contribution in [0.4, 0.5) is 0 Å². The van der Waals surface area contributed by atoms with E-state index in [-0.39, 0.29) is 22.9 Å². The van der Waals surface area contributed by atoms with E-state index < -0.39 is 0 Å². The Balaban J connectivity index is 3.30. The largest absolute Gasteiger partial charge is 0.395 e. The van der Waals surface area contributed by atoms with Crippen molar-refractivity contribution in [1.29, 1.82) is 0 Å². The third-order valence-corrected chi connectivity index (χ3v) is 3.89. The van der Waals surface area contributed by atoms with Crippen LogP contribution < -0.4 is 0 Å². The highest BCUT2D eigenvalue weighted by Crippen LogP contribution is 2.54. The van der Waals surface area contributed by atoms with Crippen LogP contribution in [-0.2, 0) is 0 Å². The molecule has 0 bridgehead atoms. The van der Waals surface area contributed by atoms with E-state index >= 15 is 0 Å². The van der Waals surface area contributed by atoms with Gasteiger partial charge in [-0.05, 0) is 17.3 Å². The third-order valence-electron chi connectivity index (χ3n) is 3.89. The molecule has 0 spiro atoms. The van der Waals surface area contributed by atoms with E-state index in [1.807, 2.05) is 0 Å². The molecule has 0 saturated heterocycles. The maximum absolute atomic E-state index is 9.94. The van der Waals surface area contributed by atoms with E-state index in [2.05, 4.69) is 59.8 Å². The minimum absolute atomic E-state index is 0.0750. The normalized spacial score (nSPS) is 26.8. The van der Waals surface area contributed by atoms with Gasteiger partial charge in [0.05, 0.1) is 6.61 Å². The molecule has 1 nitrogen and oxygen atoms in total. The fourth-order valence-corrected chi connectivity index (χ4v) is 2.77. The van der Waals surface area contributed by atoms with Crippen molar-refractivity contribution in [3.05, 3.63) is 23.8 Å².